The van der Waals surface area contributed by atoms with E-state index in [4.69, 9.17) is 14.7 Å². The summed E-state index contributed by atoms with van der Waals surface area (Å²) in [7, 11) is 3.22. The molecule has 1 unspecified atom stereocenters. The van der Waals surface area contributed by atoms with Crippen molar-refractivity contribution in [1.29, 1.82) is 5.26 Å². The molecule has 1 saturated carbocycles. The maximum Gasteiger partial charge on any atom is 0.183 e. The molecule has 68 valence electrons. The molecule has 0 aromatic heterocycles. The predicted molar refractivity (Wildman–Crippen MR) is 44.3 cm³/mol. The first-order chi connectivity index (χ1) is 5.79. The molecule has 0 saturated heterocycles. The molecule has 0 amide bonds. The van der Waals surface area contributed by atoms with E-state index in [0.29, 0.717) is 0 Å². The highest BCUT2D eigenvalue weighted by Crippen LogP contribution is 2.36. The van der Waals surface area contributed by atoms with Crippen LogP contribution in [0.1, 0.15) is 25.7 Å². The Morgan fingerprint density at radius 1 is 1.33 bits per heavy atom. The van der Waals surface area contributed by atoms with Crippen molar-refractivity contribution in [3.05, 3.63) is 0 Å². The Morgan fingerprint density at radius 2 is 2.00 bits per heavy atom. The van der Waals surface area contributed by atoms with Gasteiger partial charge in [0, 0.05) is 20.6 Å². The molecule has 0 radical (unpaired) electrons. The van der Waals surface area contributed by atoms with Gasteiger partial charge in [-0.2, -0.15) is 5.26 Å². The van der Waals surface area contributed by atoms with Crippen molar-refractivity contribution in [2.24, 2.45) is 5.92 Å². The second-order valence-electron chi connectivity index (χ2n) is 3.15. The van der Waals surface area contributed by atoms with E-state index in [9.17, 15) is 0 Å². The fourth-order valence-corrected chi connectivity index (χ4v) is 1.85. The Kier molecular flexibility index (Phi) is 3.07. The van der Waals surface area contributed by atoms with E-state index in [-0.39, 0.29) is 5.92 Å². The maximum atomic E-state index is 8.88. The minimum absolute atomic E-state index is 0.110. The fraction of sp³-hybridized carbons (Fsp3) is 0.889. The zero-order valence-electron chi connectivity index (χ0n) is 7.67. The molecule has 0 bridgehead atoms. The summed E-state index contributed by atoms with van der Waals surface area (Å²) >= 11 is 0. The summed E-state index contributed by atoms with van der Waals surface area (Å²) < 4.78 is 10.6. The van der Waals surface area contributed by atoms with Crippen molar-refractivity contribution in [3.63, 3.8) is 0 Å². The summed E-state index contributed by atoms with van der Waals surface area (Å²) in [6.07, 6.45) is 3.91. The number of methoxy groups -OCH3 is 2. The van der Waals surface area contributed by atoms with Gasteiger partial charge in [0.25, 0.3) is 0 Å². The van der Waals surface area contributed by atoms with Crippen LogP contribution in [0.2, 0.25) is 0 Å². The summed E-state index contributed by atoms with van der Waals surface area (Å²) in [6, 6.07) is 2.25. The summed E-state index contributed by atoms with van der Waals surface area (Å²) in [4.78, 5) is 0. The Hall–Kier alpha value is -0.590. The van der Waals surface area contributed by atoms with Gasteiger partial charge in [-0.05, 0) is 12.8 Å². The van der Waals surface area contributed by atoms with Crippen molar-refractivity contribution in [2.75, 3.05) is 14.2 Å². The highest BCUT2D eigenvalue weighted by atomic mass is 16.7. The number of nitriles is 1. The zero-order chi connectivity index (χ0) is 9.03. The Bertz CT molecular complexity index is 181. The Labute approximate surface area is 73.3 Å². The van der Waals surface area contributed by atoms with E-state index in [1.807, 2.05) is 0 Å². The standard InChI is InChI=1S/C9H15NO2/c1-11-9(12-2)6-4-3-5-8(9)7-10/h8H,3-6H2,1-2H3. The van der Waals surface area contributed by atoms with Gasteiger partial charge in [-0.15, -0.1) is 0 Å². The molecule has 1 fully saturated rings. The lowest BCUT2D eigenvalue weighted by Crippen LogP contribution is -2.43. The van der Waals surface area contributed by atoms with Gasteiger partial charge in [-0.3, -0.25) is 0 Å². The van der Waals surface area contributed by atoms with Crippen LogP contribution in [0.4, 0.5) is 0 Å². The lowest BCUT2D eigenvalue weighted by atomic mass is 9.84. The topological polar surface area (TPSA) is 42.2 Å². The van der Waals surface area contributed by atoms with Gasteiger partial charge in [0.1, 0.15) is 5.92 Å². The number of hydrogen-bond acceptors (Lipinski definition) is 3. The van der Waals surface area contributed by atoms with E-state index in [1.54, 1.807) is 14.2 Å². The monoisotopic (exact) mass is 169 g/mol. The number of rotatable bonds is 2. The Balaban J connectivity index is 2.74. The summed E-state index contributed by atoms with van der Waals surface area (Å²) in [5.74, 6) is -0.742. The molecular weight excluding hydrogens is 154 g/mol. The van der Waals surface area contributed by atoms with E-state index in [2.05, 4.69) is 6.07 Å². The van der Waals surface area contributed by atoms with Gasteiger partial charge in [-0.25, -0.2) is 0 Å². The summed E-state index contributed by atoms with van der Waals surface area (Å²) in [6.45, 7) is 0. The van der Waals surface area contributed by atoms with Crippen LogP contribution in [-0.2, 0) is 9.47 Å². The van der Waals surface area contributed by atoms with Gasteiger partial charge < -0.3 is 9.47 Å². The van der Waals surface area contributed by atoms with Gasteiger partial charge in [0.2, 0.25) is 0 Å². The second kappa shape index (κ2) is 3.88. The third kappa shape index (κ3) is 1.45. The lowest BCUT2D eigenvalue weighted by Gasteiger charge is -2.38. The summed E-state index contributed by atoms with van der Waals surface area (Å²) in [5, 5.41) is 8.88. The first-order valence-corrected chi connectivity index (χ1v) is 4.29. The molecule has 0 spiro atoms. The van der Waals surface area contributed by atoms with Crippen LogP contribution in [-0.4, -0.2) is 20.0 Å². The molecule has 0 N–H and O–H groups in total. The molecule has 12 heavy (non-hydrogen) atoms. The highest BCUT2D eigenvalue weighted by Gasteiger charge is 2.41. The molecule has 0 aromatic rings. The van der Waals surface area contributed by atoms with Crippen LogP contribution in [0.25, 0.3) is 0 Å². The number of ether oxygens (including phenoxy) is 2. The predicted octanol–water partition coefficient (Wildman–Crippen LogP) is 1.69. The van der Waals surface area contributed by atoms with Crippen molar-refractivity contribution >= 4 is 0 Å². The van der Waals surface area contributed by atoms with Gasteiger partial charge >= 0.3 is 0 Å². The van der Waals surface area contributed by atoms with Crippen LogP contribution in [0.3, 0.4) is 0 Å². The van der Waals surface area contributed by atoms with Crippen LogP contribution < -0.4 is 0 Å². The second-order valence-corrected chi connectivity index (χ2v) is 3.15. The van der Waals surface area contributed by atoms with Crippen molar-refractivity contribution < 1.29 is 9.47 Å². The third-order valence-corrected chi connectivity index (χ3v) is 2.65. The molecule has 0 aliphatic heterocycles. The van der Waals surface area contributed by atoms with Crippen LogP contribution in [0.5, 0.6) is 0 Å². The molecule has 0 aromatic carbocycles. The van der Waals surface area contributed by atoms with Crippen molar-refractivity contribution in [2.45, 2.75) is 31.5 Å². The van der Waals surface area contributed by atoms with E-state index < -0.39 is 5.79 Å². The van der Waals surface area contributed by atoms with Crippen LogP contribution in [0, 0.1) is 17.2 Å². The van der Waals surface area contributed by atoms with E-state index >= 15 is 0 Å². The normalized spacial score (nSPS) is 27.9. The van der Waals surface area contributed by atoms with Crippen molar-refractivity contribution in [3.8, 4) is 6.07 Å². The molecule has 3 heteroatoms. The minimum atomic E-state index is -0.632. The van der Waals surface area contributed by atoms with Gasteiger partial charge in [0.05, 0.1) is 6.07 Å². The lowest BCUT2D eigenvalue weighted by molar-refractivity contribution is -0.242. The molecular formula is C9H15NO2. The first kappa shape index (κ1) is 9.50. The maximum absolute atomic E-state index is 8.88. The third-order valence-electron chi connectivity index (χ3n) is 2.65. The van der Waals surface area contributed by atoms with Gasteiger partial charge in [0.15, 0.2) is 5.79 Å². The Morgan fingerprint density at radius 3 is 2.42 bits per heavy atom. The molecule has 1 atom stereocenters. The summed E-state index contributed by atoms with van der Waals surface area (Å²) in [5.41, 5.74) is 0. The average molecular weight is 169 g/mol. The van der Waals surface area contributed by atoms with Crippen molar-refractivity contribution in [1.82, 2.24) is 0 Å². The highest BCUT2D eigenvalue weighted by molar-refractivity contribution is 4.96. The number of hydrogen-bond donors (Lipinski definition) is 0. The molecule has 3 nitrogen and oxygen atoms in total. The van der Waals surface area contributed by atoms with Gasteiger partial charge in [-0.1, -0.05) is 6.42 Å². The van der Waals surface area contributed by atoms with Crippen LogP contribution in [0.15, 0.2) is 0 Å². The smallest absolute Gasteiger partial charge is 0.183 e. The first-order valence-electron chi connectivity index (χ1n) is 4.29. The fourth-order valence-electron chi connectivity index (χ4n) is 1.85. The largest absolute Gasteiger partial charge is 0.352 e. The quantitative estimate of drug-likeness (QED) is 0.591. The molecule has 0 heterocycles. The van der Waals surface area contributed by atoms with E-state index in [0.717, 1.165) is 25.7 Å². The SMILES string of the molecule is COC1(OC)CCCCC1C#N. The van der Waals surface area contributed by atoms with E-state index in [1.165, 1.54) is 0 Å². The van der Waals surface area contributed by atoms with Crippen LogP contribution >= 0.6 is 0 Å². The molecule has 1 aliphatic carbocycles. The number of nitrogens with zero attached hydrogens (tertiary/aromatic N) is 1. The minimum Gasteiger partial charge on any atom is -0.352 e. The zero-order valence-corrected chi connectivity index (χ0v) is 7.67. The molecule has 1 rings (SSSR count). The average Bonchev–Trinajstić information content (AvgIpc) is 2.17. The molecule has 1 aliphatic rings.